The zero-order chi connectivity index (χ0) is 22.9. The number of halogens is 4. The molecular formula is C21H14F4N6O. The van der Waals surface area contributed by atoms with Gasteiger partial charge in [0.05, 0.1) is 17.6 Å². The normalized spacial score (nSPS) is 11.4. The van der Waals surface area contributed by atoms with Crippen molar-refractivity contribution < 1.29 is 22.4 Å². The van der Waals surface area contributed by atoms with Crippen molar-refractivity contribution in [1.29, 1.82) is 0 Å². The molecule has 1 aromatic carbocycles. The van der Waals surface area contributed by atoms with Crippen LogP contribution in [0.3, 0.4) is 0 Å². The van der Waals surface area contributed by atoms with E-state index in [1.807, 2.05) is 0 Å². The Labute approximate surface area is 178 Å². The molecule has 0 radical (unpaired) electrons. The van der Waals surface area contributed by atoms with E-state index < -0.39 is 23.6 Å². The number of pyridine rings is 2. The second-order valence-corrected chi connectivity index (χ2v) is 6.70. The fourth-order valence-electron chi connectivity index (χ4n) is 2.95. The van der Waals surface area contributed by atoms with Gasteiger partial charge < -0.3 is 11.1 Å². The molecule has 3 heterocycles. The van der Waals surface area contributed by atoms with Crippen LogP contribution in [0.5, 0.6) is 0 Å². The highest BCUT2D eigenvalue weighted by Gasteiger charge is 2.36. The zero-order valence-electron chi connectivity index (χ0n) is 16.1. The molecule has 32 heavy (non-hydrogen) atoms. The SMILES string of the molecule is Nc1cc(F)cc(C(=O)Nc2ccc(-n3nc(-c4cccnc4)cc3C(F)(F)F)cn2)c1. The molecule has 0 spiro atoms. The van der Waals surface area contributed by atoms with E-state index in [1.54, 1.807) is 12.1 Å². The molecule has 7 nitrogen and oxygen atoms in total. The van der Waals surface area contributed by atoms with Crippen LogP contribution in [-0.2, 0) is 6.18 Å². The third-order valence-electron chi connectivity index (χ3n) is 4.37. The zero-order valence-corrected chi connectivity index (χ0v) is 16.1. The average Bonchev–Trinajstić information content (AvgIpc) is 3.20. The maximum absolute atomic E-state index is 13.6. The van der Waals surface area contributed by atoms with E-state index in [0.29, 0.717) is 10.2 Å². The number of hydrogen-bond donors (Lipinski definition) is 2. The molecule has 0 aliphatic carbocycles. The number of nitrogens with two attached hydrogens (primary N) is 1. The van der Waals surface area contributed by atoms with E-state index in [0.717, 1.165) is 24.4 Å². The lowest BCUT2D eigenvalue weighted by molar-refractivity contribution is -0.142. The van der Waals surface area contributed by atoms with Crippen LogP contribution in [0.25, 0.3) is 16.9 Å². The van der Waals surface area contributed by atoms with Crippen LogP contribution < -0.4 is 11.1 Å². The fraction of sp³-hybridized carbons (Fsp3) is 0.0476. The Morgan fingerprint density at radius 3 is 2.50 bits per heavy atom. The van der Waals surface area contributed by atoms with Gasteiger partial charge in [0.15, 0.2) is 0 Å². The highest BCUT2D eigenvalue weighted by Crippen LogP contribution is 2.34. The second-order valence-electron chi connectivity index (χ2n) is 6.70. The number of alkyl halides is 3. The molecule has 1 amide bonds. The van der Waals surface area contributed by atoms with Gasteiger partial charge in [-0.05, 0) is 48.5 Å². The summed E-state index contributed by atoms with van der Waals surface area (Å²) >= 11 is 0. The Morgan fingerprint density at radius 2 is 1.88 bits per heavy atom. The minimum atomic E-state index is -4.67. The number of anilines is 2. The monoisotopic (exact) mass is 442 g/mol. The largest absolute Gasteiger partial charge is 0.433 e. The van der Waals surface area contributed by atoms with Crippen molar-refractivity contribution in [1.82, 2.24) is 19.7 Å². The van der Waals surface area contributed by atoms with Crippen LogP contribution in [0.2, 0.25) is 0 Å². The van der Waals surface area contributed by atoms with Gasteiger partial charge in [-0.1, -0.05) is 0 Å². The van der Waals surface area contributed by atoms with Gasteiger partial charge in [0, 0.05) is 29.2 Å². The number of hydrogen-bond acceptors (Lipinski definition) is 5. The van der Waals surface area contributed by atoms with E-state index in [2.05, 4.69) is 20.4 Å². The topological polar surface area (TPSA) is 98.7 Å². The summed E-state index contributed by atoms with van der Waals surface area (Å²) in [6, 6.07) is 10.1. The molecule has 162 valence electrons. The van der Waals surface area contributed by atoms with Gasteiger partial charge in [-0.3, -0.25) is 9.78 Å². The van der Waals surface area contributed by atoms with Crippen LogP contribution >= 0.6 is 0 Å². The Balaban J connectivity index is 1.62. The minimum absolute atomic E-state index is 0.0269. The molecule has 3 aromatic heterocycles. The number of nitrogens with zero attached hydrogens (tertiary/aromatic N) is 4. The van der Waals surface area contributed by atoms with Crippen LogP contribution in [0.1, 0.15) is 16.1 Å². The highest BCUT2D eigenvalue weighted by atomic mass is 19.4. The summed E-state index contributed by atoms with van der Waals surface area (Å²) in [7, 11) is 0. The van der Waals surface area contributed by atoms with E-state index in [9.17, 15) is 22.4 Å². The lowest BCUT2D eigenvalue weighted by Gasteiger charge is -2.11. The van der Waals surface area contributed by atoms with Gasteiger partial charge in [0.2, 0.25) is 0 Å². The van der Waals surface area contributed by atoms with E-state index in [1.165, 1.54) is 30.6 Å². The van der Waals surface area contributed by atoms with Crippen molar-refractivity contribution in [2.75, 3.05) is 11.1 Å². The summed E-state index contributed by atoms with van der Waals surface area (Å²) in [5, 5.41) is 6.48. The summed E-state index contributed by atoms with van der Waals surface area (Å²) in [5.41, 5.74) is 5.11. The molecule has 11 heteroatoms. The summed E-state index contributed by atoms with van der Waals surface area (Å²) in [5.74, 6) is -1.30. The molecule has 4 rings (SSSR count). The van der Waals surface area contributed by atoms with E-state index in [-0.39, 0.29) is 28.5 Å². The summed E-state index contributed by atoms with van der Waals surface area (Å²) in [4.78, 5) is 20.1. The number of aromatic nitrogens is 4. The van der Waals surface area contributed by atoms with Crippen molar-refractivity contribution in [2.45, 2.75) is 6.18 Å². The van der Waals surface area contributed by atoms with Crippen molar-refractivity contribution in [2.24, 2.45) is 0 Å². The van der Waals surface area contributed by atoms with Gasteiger partial charge in [0.1, 0.15) is 17.3 Å². The average molecular weight is 442 g/mol. The predicted octanol–water partition coefficient (Wildman–Crippen LogP) is 4.32. The van der Waals surface area contributed by atoms with E-state index >= 15 is 0 Å². The third kappa shape index (κ3) is 4.41. The molecule has 0 aliphatic rings. The maximum Gasteiger partial charge on any atom is 0.433 e. The first-order valence-electron chi connectivity index (χ1n) is 9.12. The first-order chi connectivity index (χ1) is 15.2. The maximum atomic E-state index is 13.6. The highest BCUT2D eigenvalue weighted by molar-refractivity contribution is 6.04. The van der Waals surface area contributed by atoms with Crippen LogP contribution in [0.4, 0.5) is 29.1 Å². The number of nitrogens with one attached hydrogen (secondary N) is 1. The molecule has 0 atom stereocenters. The summed E-state index contributed by atoms with van der Waals surface area (Å²) in [6.45, 7) is 0. The van der Waals surface area contributed by atoms with Gasteiger partial charge in [-0.25, -0.2) is 14.1 Å². The Kier molecular flexibility index (Phi) is 5.31. The van der Waals surface area contributed by atoms with Crippen molar-refractivity contribution in [3.05, 3.63) is 84.2 Å². The Hall–Kier alpha value is -4.28. The standard InChI is InChI=1S/C21H14F4N6O/c22-14-6-13(7-15(26)8-14)20(32)29-19-4-3-16(11-28-19)31-18(21(23,24)25)9-17(30-31)12-2-1-5-27-10-12/h1-11H,26H2,(H,28,29,32). The second kappa shape index (κ2) is 8.10. The third-order valence-corrected chi connectivity index (χ3v) is 4.37. The van der Waals surface area contributed by atoms with Gasteiger partial charge in [-0.2, -0.15) is 18.3 Å². The number of carbonyl (C=O) groups is 1. The molecule has 4 aromatic rings. The van der Waals surface area contributed by atoms with E-state index in [4.69, 9.17) is 5.73 Å². The molecule has 0 saturated carbocycles. The molecule has 0 aliphatic heterocycles. The number of nitrogen functional groups attached to an aromatic ring is 1. The van der Waals surface area contributed by atoms with Gasteiger partial charge in [-0.15, -0.1) is 0 Å². The lowest BCUT2D eigenvalue weighted by atomic mass is 10.2. The molecule has 0 unspecified atom stereocenters. The fourth-order valence-corrected chi connectivity index (χ4v) is 2.95. The van der Waals surface area contributed by atoms with Crippen molar-refractivity contribution in [3.63, 3.8) is 0 Å². The first-order valence-corrected chi connectivity index (χ1v) is 9.12. The van der Waals surface area contributed by atoms with Crippen molar-refractivity contribution in [3.8, 4) is 16.9 Å². The smallest absolute Gasteiger partial charge is 0.399 e. The molecule has 3 N–H and O–H groups in total. The molecule has 0 saturated heterocycles. The summed E-state index contributed by atoms with van der Waals surface area (Å²) < 4.78 is 54.9. The molecule has 0 bridgehead atoms. The van der Waals surface area contributed by atoms with Crippen LogP contribution in [0, 0.1) is 5.82 Å². The lowest BCUT2D eigenvalue weighted by Crippen LogP contribution is -2.15. The number of amides is 1. The minimum Gasteiger partial charge on any atom is -0.399 e. The van der Waals surface area contributed by atoms with Crippen molar-refractivity contribution >= 4 is 17.4 Å². The van der Waals surface area contributed by atoms with Gasteiger partial charge >= 0.3 is 6.18 Å². The summed E-state index contributed by atoms with van der Waals surface area (Å²) in [6.07, 6.45) is -0.633. The molecular weight excluding hydrogens is 428 g/mol. The number of benzene rings is 1. The van der Waals surface area contributed by atoms with Crippen LogP contribution in [-0.4, -0.2) is 25.7 Å². The quantitative estimate of drug-likeness (QED) is 0.362. The molecule has 0 fully saturated rings. The Morgan fingerprint density at radius 1 is 1.06 bits per heavy atom. The number of carbonyl (C=O) groups excluding carboxylic acids is 1. The first kappa shape index (κ1) is 21.0. The predicted molar refractivity (Wildman–Crippen MR) is 108 cm³/mol. The van der Waals surface area contributed by atoms with Gasteiger partial charge in [0.25, 0.3) is 5.91 Å². The number of rotatable bonds is 4. The Bertz CT molecular complexity index is 1250. The van der Waals surface area contributed by atoms with Crippen LogP contribution in [0.15, 0.2) is 67.1 Å².